The molecule has 0 aliphatic carbocycles. The molecule has 0 unspecified atom stereocenters. The van der Waals surface area contributed by atoms with Gasteiger partial charge in [-0.3, -0.25) is 10.1 Å². The Balaban J connectivity index is 2.16. The van der Waals surface area contributed by atoms with Gasteiger partial charge in [0.2, 0.25) is 0 Å². The number of nitrogens with zero attached hydrogens (tertiary/aromatic N) is 3. The number of rotatable bonds is 4. The zero-order valence-corrected chi connectivity index (χ0v) is 12.9. The molecule has 0 saturated heterocycles. The molecule has 0 atom stereocenters. The highest BCUT2D eigenvalue weighted by Gasteiger charge is 2.23. The summed E-state index contributed by atoms with van der Waals surface area (Å²) in [6.07, 6.45) is 2.55. The Hall–Kier alpha value is -3.20. The second-order valence-electron chi connectivity index (χ2n) is 4.83. The summed E-state index contributed by atoms with van der Waals surface area (Å²) in [7, 11) is -3.90. The van der Waals surface area contributed by atoms with E-state index in [0.29, 0.717) is 0 Å². The maximum Gasteiger partial charge on any atom is 0.311 e. The Morgan fingerprint density at radius 1 is 1.12 bits per heavy atom. The summed E-state index contributed by atoms with van der Waals surface area (Å²) in [5.41, 5.74) is -0.330. The molecule has 0 radical (unpaired) electrons. The fourth-order valence-electron chi connectivity index (χ4n) is 2.20. The second kappa shape index (κ2) is 5.78. The van der Waals surface area contributed by atoms with Crippen LogP contribution in [0.3, 0.4) is 0 Å². The van der Waals surface area contributed by atoms with Gasteiger partial charge in [0.15, 0.2) is 11.6 Å². The molecular formula is C15H11N3O5S. The van der Waals surface area contributed by atoms with Gasteiger partial charge in [-0.05, 0) is 24.3 Å². The van der Waals surface area contributed by atoms with E-state index in [1.165, 1.54) is 30.6 Å². The van der Waals surface area contributed by atoms with Crippen LogP contribution in [0, 0.1) is 10.1 Å². The predicted molar refractivity (Wildman–Crippen MR) is 85.0 cm³/mol. The molecule has 0 saturated carbocycles. The lowest BCUT2D eigenvalue weighted by Gasteiger charge is -2.09. The Morgan fingerprint density at radius 3 is 2.50 bits per heavy atom. The van der Waals surface area contributed by atoms with Gasteiger partial charge in [-0.1, -0.05) is 18.2 Å². The van der Waals surface area contributed by atoms with Crippen molar-refractivity contribution in [3.63, 3.8) is 0 Å². The first-order chi connectivity index (χ1) is 11.4. The lowest BCUT2D eigenvalue weighted by Crippen LogP contribution is -2.13. The average Bonchev–Trinajstić information content (AvgIpc) is 3.06. The van der Waals surface area contributed by atoms with E-state index in [4.69, 9.17) is 0 Å². The summed E-state index contributed by atoms with van der Waals surface area (Å²) in [5, 5.41) is 20.5. The predicted octanol–water partition coefficient (Wildman–Crippen LogP) is 2.40. The van der Waals surface area contributed by atoms with E-state index in [9.17, 15) is 23.6 Å². The molecule has 9 heteroatoms. The van der Waals surface area contributed by atoms with Crippen molar-refractivity contribution in [3.8, 4) is 17.1 Å². The van der Waals surface area contributed by atoms with Gasteiger partial charge in [-0.15, -0.1) is 0 Å². The highest BCUT2D eigenvalue weighted by atomic mass is 32.2. The van der Waals surface area contributed by atoms with Crippen molar-refractivity contribution in [3.05, 3.63) is 71.0 Å². The largest absolute Gasteiger partial charge is 0.502 e. The first kappa shape index (κ1) is 15.7. The normalized spacial score (nSPS) is 11.3. The van der Waals surface area contributed by atoms with Crippen LogP contribution in [0.25, 0.3) is 11.4 Å². The van der Waals surface area contributed by atoms with E-state index in [1.54, 1.807) is 18.2 Å². The number of imidazole rings is 1. The smallest absolute Gasteiger partial charge is 0.311 e. The van der Waals surface area contributed by atoms with Crippen LogP contribution in [0.1, 0.15) is 0 Å². The summed E-state index contributed by atoms with van der Waals surface area (Å²) in [5.74, 6) is -0.491. The minimum Gasteiger partial charge on any atom is -0.502 e. The number of benzene rings is 2. The minimum absolute atomic E-state index is 0.0157. The van der Waals surface area contributed by atoms with Crippen molar-refractivity contribution in [2.75, 3.05) is 0 Å². The fraction of sp³-hybridized carbons (Fsp3) is 0. The second-order valence-corrected chi connectivity index (χ2v) is 6.64. The van der Waals surface area contributed by atoms with Crippen LogP contribution in [-0.4, -0.2) is 27.4 Å². The van der Waals surface area contributed by atoms with Crippen LogP contribution in [0.4, 0.5) is 5.69 Å². The molecule has 24 heavy (non-hydrogen) atoms. The molecule has 3 rings (SSSR count). The molecular weight excluding hydrogens is 334 g/mol. The lowest BCUT2D eigenvalue weighted by atomic mass is 10.2. The van der Waals surface area contributed by atoms with Gasteiger partial charge < -0.3 is 5.11 Å². The number of aromatic hydroxyl groups is 1. The Kier molecular flexibility index (Phi) is 3.78. The third-order valence-electron chi connectivity index (χ3n) is 3.34. The van der Waals surface area contributed by atoms with Crippen molar-refractivity contribution >= 4 is 15.7 Å². The molecule has 122 valence electrons. The van der Waals surface area contributed by atoms with E-state index in [-0.39, 0.29) is 16.3 Å². The quantitative estimate of drug-likeness (QED) is 0.573. The van der Waals surface area contributed by atoms with Crippen LogP contribution in [0.15, 0.2) is 65.8 Å². The van der Waals surface area contributed by atoms with Gasteiger partial charge in [-0.25, -0.2) is 17.4 Å². The number of aromatic nitrogens is 2. The molecule has 1 aromatic heterocycles. The summed E-state index contributed by atoms with van der Waals surface area (Å²) >= 11 is 0. The monoisotopic (exact) mass is 345 g/mol. The van der Waals surface area contributed by atoms with Gasteiger partial charge in [-0.2, -0.15) is 0 Å². The average molecular weight is 345 g/mol. The van der Waals surface area contributed by atoms with E-state index in [0.717, 1.165) is 16.1 Å². The van der Waals surface area contributed by atoms with Crippen molar-refractivity contribution in [2.24, 2.45) is 0 Å². The van der Waals surface area contributed by atoms with Crippen molar-refractivity contribution < 1.29 is 18.4 Å². The first-order valence-electron chi connectivity index (χ1n) is 6.73. The van der Waals surface area contributed by atoms with Crippen LogP contribution in [-0.2, 0) is 10.0 Å². The molecule has 0 fully saturated rings. The van der Waals surface area contributed by atoms with Crippen LogP contribution in [0.5, 0.6) is 5.75 Å². The molecule has 1 heterocycles. The van der Waals surface area contributed by atoms with Crippen LogP contribution in [0.2, 0.25) is 0 Å². The van der Waals surface area contributed by atoms with Gasteiger partial charge in [0.1, 0.15) is 0 Å². The van der Waals surface area contributed by atoms with E-state index in [2.05, 4.69) is 4.98 Å². The molecule has 0 aliphatic heterocycles. The molecule has 0 aliphatic rings. The highest BCUT2D eigenvalue weighted by Crippen LogP contribution is 2.31. The number of hydrogen-bond acceptors (Lipinski definition) is 6. The maximum atomic E-state index is 12.7. The molecule has 2 aromatic carbocycles. The number of hydrogen-bond donors (Lipinski definition) is 1. The SMILES string of the molecule is O=[N+]([O-])c1cc(-c2nccn2S(=O)(=O)c2ccccc2)ccc1O. The van der Waals surface area contributed by atoms with Crippen molar-refractivity contribution in [2.45, 2.75) is 4.90 Å². The molecule has 0 bridgehead atoms. The third kappa shape index (κ3) is 2.61. The maximum absolute atomic E-state index is 12.7. The summed E-state index contributed by atoms with van der Waals surface area (Å²) in [4.78, 5) is 14.2. The number of phenols is 1. The zero-order valence-electron chi connectivity index (χ0n) is 12.1. The minimum atomic E-state index is -3.90. The zero-order chi connectivity index (χ0) is 17.3. The number of nitro groups is 1. The molecule has 0 amide bonds. The van der Waals surface area contributed by atoms with E-state index in [1.807, 2.05) is 0 Å². The highest BCUT2D eigenvalue weighted by molar-refractivity contribution is 7.90. The van der Waals surface area contributed by atoms with Gasteiger partial charge in [0.05, 0.1) is 9.82 Å². The standard InChI is InChI=1S/C15H11N3O5S/c19-14-7-6-11(10-13(14)18(20)21)15-16-8-9-17(15)24(22,23)12-4-2-1-3-5-12/h1-10,19H. The summed E-state index contributed by atoms with van der Waals surface area (Å²) in [6, 6.07) is 11.3. The number of phenolic OH excluding ortho intramolecular Hbond substituents is 1. The lowest BCUT2D eigenvalue weighted by molar-refractivity contribution is -0.385. The van der Waals surface area contributed by atoms with Crippen molar-refractivity contribution in [1.82, 2.24) is 8.96 Å². The molecule has 0 spiro atoms. The van der Waals surface area contributed by atoms with Gasteiger partial charge in [0.25, 0.3) is 10.0 Å². The molecule has 1 N–H and O–H groups in total. The van der Waals surface area contributed by atoms with E-state index < -0.39 is 26.4 Å². The van der Waals surface area contributed by atoms with Gasteiger partial charge in [0, 0.05) is 24.0 Å². The third-order valence-corrected chi connectivity index (χ3v) is 5.02. The summed E-state index contributed by atoms with van der Waals surface area (Å²) < 4.78 is 26.4. The topological polar surface area (TPSA) is 115 Å². The van der Waals surface area contributed by atoms with Crippen molar-refractivity contribution in [1.29, 1.82) is 0 Å². The fourth-order valence-corrected chi connectivity index (χ4v) is 3.53. The first-order valence-corrected chi connectivity index (χ1v) is 8.17. The summed E-state index contributed by atoms with van der Waals surface area (Å²) in [6.45, 7) is 0. The molecule has 8 nitrogen and oxygen atoms in total. The number of nitro benzene ring substituents is 1. The Bertz CT molecular complexity index is 1010. The molecule has 3 aromatic rings. The van der Waals surface area contributed by atoms with Crippen LogP contribution >= 0.6 is 0 Å². The van der Waals surface area contributed by atoms with E-state index >= 15 is 0 Å². The Morgan fingerprint density at radius 2 is 1.83 bits per heavy atom. The Labute approximate surface area is 136 Å². The van der Waals surface area contributed by atoms with Crippen LogP contribution < -0.4 is 0 Å². The van der Waals surface area contributed by atoms with Gasteiger partial charge >= 0.3 is 5.69 Å².